The third-order valence-electron chi connectivity index (χ3n) is 11.4. The number of amides is 1. The maximum absolute atomic E-state index is 14.4. The van der Waals surface area contributed by atoms with E-state index in [0.717, 1.165) is 22.3 Å². The molecule has 0 aromatic heterocycles. The Morgan fingerprint density at radius 3 is 1.70 bits per heavy atom. The van der Waals surface area contributed by atoms with Crippen LogP contribution >= 0.6 is 46.6 Å². The van der Waals surface area contributed by atoms with Crippen LogP contribution in [0.2, 0.25) is 0 Å². The van der Waals surface area contributed by atoms with Crippen LogP contribution in [0.3, 0.4) is 0 Å². The van der Waals surface area contributed by atoms with Gasteiger partial charge in [0.1, 0.15) is 49.2 Å². The van der Waals surface area contributed by atoms with Crippen LogP contribution in [0.1, 0.15) is 46.5 Å². The van der Waals surface area contributed by atoms with Gasteiger partial charge < -0.3 is 52.7 Å². The van der Waals surface area contributed by atoms with Crippen molar-refractivity contribution >= 4 is 70.6 Å². The van der Waals surface area contributed by atoms with Gasteiger partial charge in [0.25, 0.3) is 0 Å². The first-order valence-corrected chi connectivity index (χ1v) is 25.4. The van der Waals surface area contributed by atoms with Crippen LogP contribution in [-0.4, -0.2) is 108 Å². The average Bonchev–Trinajstić information content (AvgIpc) is 3.38. The number of thioether (sulfide) groups is 1. The van der Waals surface area contributed by atoms with E-state index in [0.29, 0.717) is 4.90 Å². The SMILES string of the molecule is CC(=O)OC[C@H]1O[C@@H](Sc2ccc(C)cc2)[C@H](NC(=O)OCC(Cl)(Cl)Cl)[C@@H](O[C@@H]2O[C@H](COCc3ccccc3)[C@H](OCc3ccccc3)[C@H](OCc3ccccc3)[C@H]2OC(=O)c2ccccc2)[C@H]1OC(C)=O. The monoisotopic (exact) mass is 1080 g/mol. The number of carbonyl (C=O) groups is 4. The van der Waals surface area contributed by atoms with Gasteiger partial charge in [0.05, 0.1) is 38.0 Å². The molecular weight excluding hydrogens is 1030 g/mol. The van der Waals surface area contributed by atoms with E-state index in [2.05, 4.69) is 5.32 Å². The number of halogens is 3. The average molecular weight is 1080 g/mol. The maximum atomic E-state index is 14.4. The Bertz CT molecular complexity index is 2510. The van der Waals surface area contributed by atoms with E-state index in [-0.39, 0.29) is 32.0 Å². The number of ether oxygens (including phenoxy) is 10. The second-order valence-electron chi connectivity index (χ2n) is 17.1. The zero-order valence-corrected chi connectivity index (χ0v) is 43.2. The van der Waals surface area contributed by atoms with Gasteiger partial charge in [-0.1, -0.05) is 173 Å². The maximum Gasteiger partial charge on any atom is 0.407 e. The first kappa shape index (κ1) is 55.5. The Kier molecular flexibility index (Phi) is 20.8. The van der Waals surface area contributed by atoms with Gasteiger partial charge in [0.15, 0.2) is 18.5 Å². The molecule has 0 aliphatic carbocycles. The smallest absolute Gasteiger partial charge is 0.407 e. The Balaban J connectivity index is 1.36. The van der Waals surface area contributed by atoms with Crippen molar-refractivity contribution in [1.82, 2.24) is 5.32 Å². The number of alkyl carbamates (subject to hydrolysis) is 1. The summed E-state index contributed by atoms with van der Waals surface area (Å²) < 4.78 is 62.1. The van der Waals surface area contributed by atoms with Crippen LogP contribution < -0.4 is 5.32 Å². The molecule has 388 valence electrons. The highest BCUT2D eigenvalue weighted by molar-refractivity contribution is 7.99. The van der Waals surface area contributed by atoms with Crippen molar-refractivity contribution in [3.05, 3.63) is 173 Å². The van der Waals surface area contributed by atoms with Crippen molar-refractivity contribution in [2.24, 2.45) is 0 Å². The van der Waals surface area contributed by atoms with E-state index in [4.69, 9.17) is 82.2 Å². The fourth-order valence-corrected chi connectivity index (χ4v) is 9.32. The summed E-state index contributed by atoms with van der Waals surface area (Å²) in [6, 6.07) is 42.9. The largest absolute Gasteiger partial charge is 0.463 e. The fourth-order valence-electron chi connectivity index (χ4n) is 8.02. The summed E-state index contributed by atoms with van der Waals surface area (Å²) in [6.07, 6.45) is -11.5. The number of rotatable bonds is 21. The first-order valence-electron chi connectivity index (χ1n) is 23.4. The van der Waals surface area contributed by atoms with Crippen LogP contribution in [0.5, 0.6) is 0 Å². The van der Waals surface area contributed by atoms with Gasteiger partial charge in [0.2, 0.25) is 3.79 Å². The second-order valence-corrected chi connectivity index (χ2v) is 20.8. The molecule has 0 saturated carbocycles. The summed E-state index contributed by atoms with van der Waals surface area (Å²) in [5.74, 6) is -2.19. The number of aryl methyl sites for hydroxylation is 1. The summed E-state index contributed by atoms with van der Waals surface area (Å²) in [5.41, 5.74) is 2.59. The van der Waals surface area contributed by atoms with Crippen molar-refractivity contribution < 1.29 is 66.5 Å². The quantitative estimate of drug-likeness (QED) is 0.0418. The van der Waals surface area contributed by atoms with Gasteiger partial charge in [-0.15, -0.1) is 0 Å². The first-order chi connectivity index (χ1) is 35.2. The molecule has 5 aromatic carbocycles. The fraction of sp³-hybridized carbons (Fsp3) is 0.370. The summed E-state index contributed by atoms with van der Waals surface area (Å²) >= 11 is 19.2. The molecule has 2 aliphatic rings. The normalized spacial score (nSPS) is 23.9. The van der Waals surface area contributed by atoms with Crippen LogP contribution in [-0.2, 0) is 76.8 Å². The molecule has 7 rings (SSSR count). The highest BCUT2D eigenvalue weighted by atomic mass is 35.6. The van der Waals surface area contributed by atoms with Gasteiger partial charge in [-0.2, -0.15) is 0 Å². The molecule has 0 radical (unpaired) electrons. The minimum atomic E-state index is -1.99. The molecule has 1 amide bonds. The van der Waals surface area contributed by atoms with Crippen molar-refractivity contribution in [2.75, 3.05) is 19.8 Å². The summed E-state index contributed by atoms with van der Waals surface area (Å²) in [4.78, 5) is 54.6. The highest BCUT2D eigenvalue weighted by Crippen LogP contribution is 2.40. The van der Waals surface area contributed by atoms with Crippen molar-refractivity contribution in [1.29, 1.82) is 0 Å². The Labute approximate surface area is 443 Å². The Hall–Kier alpha value is -5.24. The van der Waals surface area contributed by atoms with Crippen LogP contribution in [0.25, 0.3) is 0 Å². The molecule has 15 nitrogen and oxygen atoms in total. The van der Waals surface area contributed by atoms with Gasteiger partial charge >= 0.3 is 24.0 Å². The lowest BCUT2D eigenvalue weighted by Gasteiger charge is -2.50. The zero-order valence-electron chi connectivity index (χ0n) is 40.1. The molecule has 10 atom stereocenters. The van der Waals surface area contributed by atoms with E-state index in [1.165, 1.54) is 25.6 Å². The molecule has 0 unspecified atom stereocenters. The zero-order chi connectivity index (χ0) is 51.7. The van der Waals surface area contributed by atoms with E-state index in [9.17, 15) is 19.2 Å². The number of alkyl halides is 3. The number of hydrogen-bond donors (Lipinski definition) is 1. The summed E-state index contributed by atoms with van der Waals surface area (Å²) in [6.45, 7) is 3.45. The molecule has 0 bridgehead atoms. The van der Waals surface area contributed by atoms with Gasteiger partial charge in [-0.3, -0.25) is 9.59 Å². The predicted molar refractivity (Wildman–Crippen MR) is 272 cm³/mol. The number of benzene rings is 5. The molecule has 2 aliphatic heterocycles. The lowest BCUT2D eigenvalue weighted by molar-refractivity contribution is -0.340. The van der Waals surface area contributed by atoms with Gasteiger partial charge in [-0.25, -0.2) is 9.59 Å². The molecule has 0 spiro atoms. The molecule has 19 heteroatoms. The summed E-state index contributed by atoms with van der Waals surface area (Å²) in [5, 5.41) is 2.80. The van der Waals surface area contributed by atoms with Crippen LogP contribution in [0.4, 0.5) is 4.79 Å². The number of nitrogens with one attached hydrogen (secondary N) is 1. The topological polar surface area (TPSA) is 173 Å². The third-order valence-corrected chi connectivity index (χ3v) is 12.9. The number of hydrogen-bond acceptors (Lipinski definition) is 15. The lowest BCUT2D eigenvalue weighted by atomic mass is 9.95. The van der Waals surface area contributed by atoms with Crippen molar-refractivity contribution in [3.63, 3.8) is 0 Å². The molecule has 2 saturated heterocycles. The summed E-state index contributed by atoms with van der Waals surface area (Å²) in [7, 11) is 0. The molecule has 2 fully saturated rings. The number of carbonyl (C=O) groups excluding carboxylic acids is 4. The predicted octanol–water partition coefficient (Wildman–Crippen LogP) is 9.50. The van der Waals surface area contributed by atoms with Crippen molar-refractivity contribution in [3.8, 4) is 0 Å². The molecule has 5 aromatic rings. The molecule has 73 heavy (non-hydrogen) atoms. The molecule has 2 heterocycles. The van der Waals surface area contributed by atoms with E-state index in [1.807, 2.05) is 122 Å². The minimum Gasteiger partial charge on any atom is -0.463 e. The van der Waals surface area contributed by atoms with E-state index >= 15 is 0 Å². The van der Waals surface area contributed by atoms with E-state index in [1.54, 1.807) is 30.3 Å². The Morgan fingerprint density at radius 1 is 0.589 bits per heavy atom. The molecule has 1 N–H and O–H groups in total. The van der Waals surface area contributed by atoms with Gasteiger partial charge in [0, 0.05) is 18.7 Å². The third kappa shape index (κ3) is 17.2. The highest BCUT2D eigenvalue weighted by Gasteiger charge is 2.56. The van der Waals surface area contributed by atoms with Crippen LogP contribution in [0, 0.1) is 6.92 Å². The lowest BCUT2D eigenvalue weighted by Crippen LogP contribution is -2.68. The number of esters is 3. The van der Waals surface area contributed by atoms with Gasteiger partial charge in [-0.05, 0) is 47.9 Å². The van der Waals surface area contributed by atoms with Crippen molar-refractivity contribution in [2.45, 2.75) is 110 Å². The minimum absolute atomic E-state index is 0.0205. The second kappa shape index (κ2) is 27.3. The standard InChI is InChI=1S/C54H56Cl3NO14S/c1-34-24-26-41(27-25-34)73-52-44(58-53(62)67-33-54(55,56)57)47(46(68-36(3)60)43(70-52)32-64-35(2)59)72-51-49(71-50(61)40-22-14-7-15-23-40)48(66-30-39-20-12-6-13-21-39)45(65-29-38-18-10-5-11-19-38)42(69-51)31-63-28-37-16-8-4-9-17-37/h4-27,42-49,51-52H,28-33H2,1-3H3,(H,58,62)/t42-,43-,44-,45+,46+,47-,48+,49-,51+,52+/m1/s1. The van der Waals surface area contributed by atoms with Crippen LogP contribution in [0.15, 0.2) is 150 Å². The van der Waals surface area contributed by atoms with E-state index < -0.39 is 102 Å². The molecular formula is C54H56Cl3NO14S. The Morgan fingerprint density at radius 2 is 1.14 bits per heavy atom.